The average Bonchev–Trinajstić information content (AvgIpc) is 3.00. The van der Waals surface area contributed by atoms with Crippen molar-refractivity contribution in [2.24, 2.45) is 0 Å². The summed E-state index contributed by atoms with van der Waals surface area (Å²) in [7, 11) is 1.60. The molecule has 0 aliphatic carbocycles. The maximum Gasteiger partial charge on any atom is 0.263 e. The van der Waals surface area contributed by atoms with E-state index in [0.717, 1.165) is 48.1 Å². The Morgan fingerprint density at radius 3 is 2.80 bits per heavy atom. The lowest BCUT2D eigenvalue weighted by Crippen LogP contribution is -2.48. The normalized spacial score (nSPS) is 15.9. The van der Waals surface area contributed by atoms with Gasteiger partial charge in [0.2, 0.25) is 11.5 Å². The third kappa shape index (κ3) is 8.97. The quantitative estimate of drug-likeness (QED) is 0.381. The van der Waals surface area contributed by atoms with Crippen molar-refractivity contribution in [1.29, 1.82) is 0 Å². The fraction of sp³-hybridized carbons (Fsp3) is 0.483. The maximum atomic E-state index is 12.1. The number of piperidine rings is 1. The number of nitrogens with zero attached hydrogens (tertiary/aromatic N) is 3. The number of nitrogens with one attached hydrogen (secondary N) is 3. The number of amides is 2. The van der Waals surface area contributed by atoms with Gasteiger partial charge in [-0.25, -0.2) is 4.98 Å². The molecular formula is C29H39ClN6O5. The van der Waals surface area contributed by atoms with Crippen LogP contribution in [0, 0.1) is 0 Å². The number of pyridine rings is 3. The summed E-state index contributed by atoms with van der Waals surface area (Å²) in [6.07, 6.45) is 4.82. The number of anilines is 1. The molecule has 0 bridgehead atoms. The maximum absolute atomic E-state index is 12.1. The smallest absolute Gasteiger partial charge is 0.263 e. The predicted octanol–water partition coefficient (Wildman–Crippen LogP) is 3.69. The molecule has 41 heavy (non-hydrogen) atoms. The lowest BCUT2D eigenvalue weighted by molar-refractivity contribution is -0.133. The molecule has 2 aliphatic rings. The van der Waals surface area contributed by atoms with Gasteiger partial charge in [0.25, 0.3) is 5.91 Å². The SMILES string of the molecule is CC.CCc1c(Cl)cnc2ccc(=O)[nH]c12.COCCC(=O)N1CCCC(NCc2ccc3c(n2)NC(=O)CO3)C1. The van der Waals surface area contributed by atoms with Gasteiger partial charge in [0, 0.05) is 45.0 Å². The third-order valence-corrected chi connectivity index (χ3v) is 6.88. The fourth-order valence-corrected chi connectivity index (χ4v) is 4.82. The topological polar surface area (TPSA) is 139 Å². The molecule has 2 aliphatic heterocycles. The first-order chi connectivity index (χ1) is 19.9. The number of H-pyrrole nitrogens is 1. The van der Waals surface area contributed by atoms with Crippen LogP contribution in [0.4, 0.5) is 5.82 Å². The number of carbonyl (C=O) groups excluding carboxylic acids is 2. The first-order valence-electron chi connectivity index (χ1n) is 14.0. The molecule has 0 aromatic carbocycles. The highest BCUT2D eigenvalue weighted by Gasteiger charge is 2.23. The van der Waals surface area contributed by atoms with Crippen LogP contribution in [0.1, 0.15) is 51.3 Å². The molecule has 5 rings (SSSR count). The number of carbonyl (C=O) groups is 2. The number of aryl methyl sites for hydroxylation is 1. The average molecular weight is 587 g/mol. The van der Waals surface area contributed by atoms with E-state index in [2.05, 4.69) is 25.6 Å². The molecular weight excluding hydrogens is 548 g/mol. The van der Waals surface area contributed by atoms with Crippen molar-refractivity contribution in [3.8, 4) is 5.75 Å². The molecule has 3 aromatic heterocycles. The first kappa shape index (κ1) is 32.0. The van der Waals surface area contributed by atoms with Crippen molar-refractivity contribution in [3.05, 3.63) is 57.1 Å². The zero-order valence-electron chi connectivity index (χ0n) is 24.1. The molecule has 12 heteroatoms. The summed E-state index contributed by atoms with van der Waals surface area (Å²) >= 11 is 5.97. The summed E-state index contributed by atoms with van der Waals surface area (Å²) < 4.78 is 10.3. The van der Waals surface area contributed by atoms with Crippen molar-refractivity contribution >= 4 is 40.3 Å². The lowest BCUT2D eigenvalue weighted by Gasteiger charge is -2.33. The van der Waals surface area contributed by atoms with E-state index in [1.165, 1.54) is 6.07 Å². The molecule has 11 nitrogen and oxygen atoms in total. The van der Waals surface area contributed by atoms with Crippen LogP contribution in [-0.2, 0) is 27.3 Å². The fourth-order valence-electron chi connectivity index (χ4n) is 4.54. The van der Waals surface area contributed by atoms with Crippen LogP contribution in [0.3, 0.4) is 0 Å². The molecule has 0 radical (unpaired) electrons. The second-order valence-corrected chi connectivity index (χ2v) is 9.72. The number of fused-ring (bicyclic) bond motifs is 2. The van der Waals surface area contributed by atoms with Crippen LogP contribution < -0.4 is 20.9 Å². The highest BCUT2D eigenvalue weighted by atomic mass is 35.5. The van der Waals surface area contributed by atoms with Crippen LogP contribution in [0.5, 0.6) is 5.75 Å². The number of aromatic amines is 1. The van der Waals surface area contributed by atoms with Crippen LogP contribution in [-0.4, -0.2) is 71.1 Å². The van der Waals surface area contributed by atoms with Gasteiger partial charge in [-0.2, -0.15) is 0 Å². The highest BCUT2D eigenvalue weighted by Crippen LogP contribution is 2.25. The molecule has 5 heterocycles. The van der Waals surface area contributed by atoms with Crippen LogP contribution >= 0.6 is 11.6 Å². The summed E-state index contributed by atoms with van der Waals surface area (Å²) in [5.41, 5.74) is 3.15. The summed E-state index contributed by atoms with van der Waals surface area (Å²) in [6.45, 7) is 8.57. The Balaban J connectivity index is 0.000000244. The molecule has 1 saturated heterocycles. The molecule has 0 saturated carbocycles. The van der Waals surface area contributed by atoms with Gasteiger partial charge >= 0.3 is 0 Å². The monoisotopic (exact) mass is 586 g/mol. The van der Waals surface area contributed by atoms with Crippen molar-refractivity contribution in [2.75, 3.05) is 38.7 Å². The molecule has 3 aromatic rings. The molecule has 2 amide bonds. The summed E-state index contributed by atoms with van der Waals surface area (Å²) in [5, 5.41) is 6.77. The molecule has 1 unspecified atom stereocenters. The molecule has 222 valence electrons. The number of rotatable bonds is 7. The Kier molecular flexibility index (Phi) is 12.5. The third-order valence-electron chi connectivity index (χ3n) is 6.56. The van der Waals surface area contributed by atoms with E-state index >= 15 is 0 Å². The highest BCUT2D eigenvalue weighted by molar-refractivity contribution is 6.32. The van der Waals surface area contributed by atoms with E-state index in [0.29, 0.717) is 42.7 Å². The molecule has 0 spiro atoms. The van der Waals surface area contributed by atoms with E-state index in [1.54, 1.807) is 19.4 Å². The summed E-state index contributed by atoms with van der Waals surface area (Å²) in [4.78, 5) is 47.8. The van der Waals surface area contributed by atoms with Crippen molar-refractivity contribution in [3.63, 3.8) is 0 Å². The number of ether oxygens (including phenoxy) is 2. The summed E-state index contributed by atoms with van der Waals surface area (Å²) in [5.74, 6) is 1.01. The minimum Gasteiger partial charge on any atom is -0.480 e. The molecule has 1 fully saturated rings. The number of hydrogen-bond donors (Lipinski definition) is 3. The second-order valence-electron chi connectivity index (χ2n) is 9.31. The standard InChI is InChI=1S/C17H24N4O4.C10H9ClN2O.C2H6/c1-24-8-6-16(23)21-7-2-3-13(10-21)18-9-12-4-5-14-17(19-12)20-15(22)11-25-14;1-2-6-7(11)5-12-8-3-4-9(14)13-10(6)8;1-2/h4-5,13,18H,2-3,6-11H2,1H3,(H,19,20,22);3-5H,2H2,1H3,(H,13,14);1-2H3. The number of hydrogen-bond acceptors (Lipinski definition) is 8. The largest absolute Gasteiger partial charge is 0.480 e. The minimum absolute atomic E-state index is 0.0291. The summed E-state index contributed by atoms with van der Waals surface area (Å²) in [6, 6.07) is 7.10. The van der Waals surface area contributed by atoms with Gasteiger partial charge in [-0.15, -0.1) is 0 Å². The van der Waals surface area contributed by atoms with E-state index in [-0.39, 0.29) is 30.0 Å². The number of likely N-dealkylation sites (tertiary alicyclic amines) is 1. The van der Waals surface area contributed by atoms with Crippen molar-refractivity contribution in [1.82, 2.24) is 25.2 Å². The van der Waals surface area contributed by atoms with Crippen molar-refractivity contribution in [2.45, 2.75) is 59.0 Å². The van der Waals surface area contributed by atoms with Crippen LogP contribution in [0.15, 0.2) is 35.3 Å². The van der Waals surface area contributed by atoms with Gasteiger partial charge in [-0.3, -0.25) is 19.4 Å². The van der Waals surface area contributed by atoms with Gasteiger partial charge in [-0.1, -0.05) is 32.4 Å². The number of halogens is 1. The Hall–Kier alpha value is -3.54. The van der Waals surface area contributed by atoms with Gasteiger partial charge in [0.1, 0.15) is 0 Å². The second kappa shape index (κ2) is 16.0. The van der Waals surface area contributed by atoms with Gasteiger partial charge in [0.15, 0.2) is 18.2 Å². The molecule has 3 N–H and O–H groups in total. The Morgan fingerprint density at radius 2 is 2.05 bits per heavy atom. The molecule has 1 atom stereocenters. The number of methoxy groups -OCH3 is 1. The predicted molar refractivity (Wildman–Crippen MR) is 159 cm³/mol. The number of aromatic nitrogens is 3. The van der Waals surface area contributed by atoms with Gasteiger partial charge in [-0.05, 0) is 43.0 Å². The lowest BCUT2D eigenvalue weighted by atomic mass is 10.1. The van der Waals surface area contributed by atoms with Crippen LogP contribution in [0.25, 0.3) is 11.0 Å². The first-order valence-corrected chi connectivity index (χ1v) is 14.3. The van der Waals surface area contributed by atoms with E-state index in [9.17, 15) is 14.4 Å². The zero-order valence-corrected chi connectivity index (χ0v) is 24.8. The Bertz CT molecular complexity index is 1380. The Morgan fingerprint density at radius 1 is 1.24 bits per heavy atom. The van der Waals surface area contributed by atoms with Crippen molar-refractivity contribution < 1.29 is 19.1 Å². The Labute approximate surface area is 245 Å². The van der Waals surface area contributed by atoms with Crippen LogP contribution in [0.2, 0.25) is 5.02 Å². The zero-order chi connectivity index (χ0) is 29.8. The van der Waals surface area contributed by atoms with E-state index < -0.39 is 0 Å². The minimum atomic E-state index is -0.192. The van der Waals surface area contributed by atoms with E-state index in [4.69, 9.17) is 21.1 Å². The van der Waals surface area contributed by atoms with E-state index in [1.807, 2.05) is 37.8 Å². The van der Waals surface area contributed by atoms with Gasteiger partial charge < -0.3 is 30.0 Å². The van der Waals surface area contributed by atoms with Gasteiger partial charge in [0.05, 0.1) is 34.8 Å².